The van der Waals surface area contributed by atoms with Gasteiger partial charge in [-0.3, -0.25) is 10.3 Å². The van der Waals surface area contributed by atoms with E-state index in [1.54, 1.807) is 6.20 Å². The maximum atomic E-state index is 9.00. The van der Waals surface area contributed by atoms with Crippen molar-refractivity contribution in [3.05, 3.63) is 30.1 Å². The van der Waals surface area contributed by atoms with E-state index in [1.807, 2.05) is 24.4 Å². The summed E-state index contributed by atoms with van der Waals surface area (Å²) in [6.45, 7) is 1.42. The summed E-state index contributed by atoms with van der Waals surface area (Å²) in [7, 11) is 0. The van der Waals surface area contributed by atoms with E-state index in [9.17, 15) is 0 Å². The molecule has 0 aliphatic heterocycles. The van der Waals surface area contributed by atoms with Crippen molar-refractivity contribution in [2.24, 2.45) is 28.2 Å². The number of hydrogen-bond acceptors (Lipinski definition) is 3. The zero-order chi connectivity index (χ0) is 16.4. The SMILES string of the molecule is N#CNC(=NCc1ccccn1)NCC12CC3CC(CC(C3)C1)C2. The first kappa shape index (κ1) is 15.4. The van der Waals surface area contributed by atoms with Gasteiger partial charge in [0.1, 0.15) is 0 Å². The number of nitrogens with zero attached hydrogens (tertiary/aromatic N) is 3. The second kappa shape index (κ2) is 6.43. The Hall–Kier alpha value is -2.09. The highest BCUT2D eigenvalue weighted by atomic mass is 15.2. The molecule has 0 saturated heterocycles. The second-order valence-electron chi connectivity index (χ2n) is 7.99. The zero-order valence-electron chi connectivity index (χ0n) is 14.0. The highest BCUT2D eigenvalue weighted by Gasteiger charge is 2.50. The third kappa shape index (κ3) is 3.24. The van der Waals surface area contributed by atoms with E-state index in [0.717, 1.165) is 30.0 Å². The second-order valence-corrected chi connectivity index (χ2v) is 7.99. The van der Waals surface area contributed by atoms with Gasteiger partial charge in [0.15, 0.2) is 6.19 Å². The highest BCUT2D eigenvalue weighted by molar-refractivity contribution is 5.81. The number of guanidine groups is 1. The van der Waals surface area contributed by atoms with Gasteiger partial charge in [0, 0.05) is 12.7 Å². The lowest BCUT2D eigenvalue weighted by Gasteiger charge is -2.57. The van der Waals surface area contributed by atoms with Crippen LogP contribution in [0.2, 0.25) is 0 Å². The smallest absolute Gasteiger partial charge is 0.205 e. The molecule has 1 aromatic rings. The van der Waals surface area contributed by atoms with Crippen LogP contribution in [0.15, 0.2) is 29.4 Å². The van der Waals surface area contributed by atoms with Crippen LogP contribution in [0.25, 0.3) is 0 Å². The fourth-order valence-corrected chi connectivity index (χ4v) is 5.62. The van der Waals surface area contributed by atoms with Crippen LogP contribution < -0.4 is 10.6 Å². The van der Waals surface area contributed by atoms with Crippen molar-refractivity contribution in [2.45, 2.75) is 45.1 Å². The molecule has 1 heterocycles. The van der Waals surface area contributed by atoms with Crippen LogP contribution in [0, 0.1) is 34.6 Å². The number of aromatic nitrogens is 1. The molecule has 4 aliphatic carbocycles. The number of rotatable bonds is 4. The van der Waals surface area contributed by atoms with E-state index in [2.05, 4.69) is 20.6 Å². The molecule has 2 N–H and O–H groups in total. The molecule has 4 bridgehead atoms. The van der Waals surface area contributed by atoms with Gasteiger partial charge >= 0.3 is 0 Å². The van der Waals surface area contributed by atoms with E-state index < -0.39 is 0 Å². The Kier molecular flexibility index (Phi) is 4.13. The Morgan fingerprint density at radius 2 is 1.92 bits per heavy atom. The maximum absolute atomic E-state index is 9.00. The van der Waals surface area contributed by atoms with Crippen LogP contribution in [0.4, 0.5) is 0 Å². The maximum Gasteiger partial charge on any atom is 0.205 e. The molecule has 4 fully saturated rings. The summed E-state index contributed by atoms with van der Waals surface area (Å²) in [6.07, 6.45) is 12.2. The standard InChI is InChI=1S/C19H25N5/c20-13-24-18(22-11-17-3-1-2-4-21-17)23-12-19-8-14-5-15(9-19)7-16(6-14)10-19/h1-4,14-16H,5-12H2,(H2,22,23,24). The van der Waals surface area contributed by atoms with Crippen LogP contribution in [-0.4, -0.2) is 17.5 Å². The Morgan fingerprint density at radius 1 is 1.21 bits per heavy atom. The summed E-state index contributed by atoms with van der Waals surface area (Å²) in [6, 6.07) is 5.80. The van der Waals surface area contributed by atoms with Crippen LogP contribution in [-0.2, 0) is 6.54 Å². The lowest BCUT2D eigenvalue weighted by Crippen LogP contribution is -2.52. The zero-order valence-corrected chi connectivity index (χ0v) is 14.0. The molecule has 0 spiro atoms. The van der Waals surface area contributed by atoms with E-state index in [1.165, 1.54) is 38.5 Å². The third-order valence-corrected chi connectivity index (χ3v) is 6.10. The molecule has 5 rings (SSSR count). The number of nitrogens with one attached hydrogen (secondary N) is 2. The molecule has 0 aromatic carbocycles. The average molecular weight is 323 g/mol. The summed E-state index contributed by atoms with van der Waals surface area (Å²) in [4.78, 5) is 8.79. The van der Waals surface area contributed by atoms with Crippen molar-refractivity contribution >= 4 is 5.96 Å². The van der Waals surface area contributed by atoms with Gasteiger partial charge < -0.3 is 5.32 Å². The largest absolute Gasteiger partial charge is 0.355 e. The molecule has 0 radical (unpaired) electrons. The minimum Gasteiger partial charge on any atom is -0.355 e. The number of aliphatic imine (C=N–C) groups is 1. The quantitative estimate of drug-likeness (QED) is 0.387. The minimum absolute atomic E-state index is 0.428. The first-order valence-electron chi connectivity index (χ1n) is 9.08. The Balaban J connectivity index is 1.40. The predicted octanol–water partition coefficient (Wildman–Crippen LogP) is 2.81. The van der Waals surface area contributed by atoms with Crippen molar-refractivity contribution in [3.63, 3.8) is 0 Å². The van der Waals surface area contributed by atoms with Gasteiger partial charge in [-0.25, -0.2) is 4.99 Å². The lowest BCUT2D eigenvalue weighted by atomic mass is 9.49. The first-order valence-corrected chi connectivity index (χ1v) is 9.08. The summed E-state index contributed by atoms with van der Waals surface area (Å²) in [5, 5.41) is 15.1. The number of nitriles is 1. The fourth-order valence-electron chi connectivity index (χ4n) is 5.62. The van der Waals surface area contributed by atoms with E-state index in [4.69, 9.17) is 5.26 Å². The summed E-state index contributed by atoms with van der Waals surface area (Å²) in [5.41, 5.74) is 1.34. The van der Waals surface area contributed by atoms with Crippen LogP contribution in [0.3, 0.4) is 0 Å². The van der Waals surface area contributed by atoms with E-state index >= 15 is 0 Å². The van der Waals surface area contributed by atoms with Gasteiger partial charge in [0.2, 0.25) is 5.96 Å². The summed E-state index contributed by atoms with van der Waals surface area (Å²) < 4.78 is 0. The normalized spacial score (nSPS) is 34.0. The molecule has 4 saturated carbocycles. The third-order valence-electron chi connectivity index (χ3n) is 6.10. The van der Waals surface area contributed by atoms with E-state index in [0.29, 0.717) is 17.9 Å². The number of hydrogen-bond donors (Lipinski definition) is 2. The van der Waals surface area contributed by atoms with Crippen molar-refractivity contribution < 1.29 is 0 Å². The van der Waals surface area contributed by atoms with Gasteiger partial charge in [-0.05, 0) is 73.8 Å². The van der Waals surface area contributed by atoms with Gasteiger partial charge in [-0.2, -0.15) is 5.26 Å². The average Bonchev–Trinajstić information content (AvgIpc) is 2.57. The van der Waals surface area contributed by atoms with Gasteiger partial charge in [0.25, 0.3) is 0 Å². The Labute approximate surface area is 143 Å². The lowest BCUT2D eigenvalue weighted by molar-refractivity contribution is -0.0492. The van der Waals surface area contributed by atoms with Gasteiger partial charge in [0.05, 0.1) is 12.2 Å². The minimum atomic E-state index is 0.428. The topological polar surface area (TPSA) is 73.1 Å². The molecule has 1 aromatic heterocycles. The van der Waals surface area contributed by atoms with Crippen molar-refractivity contribution in [1.29, 1.82) is 5.26 Å². The molecule has 24 heavy (non-hydrogen) atoms. The molecule has 0 atom stereocenters. The molecule has 4 aliphatic rings. The predicted molar refractivity (Wildman–Crippen MR) is 92.7 cm³/mol. The molecule has 5 heteroatoms. The number of pyridine rings is 1. The van der Waals surface area contributed by atoms with Crippen LogP contribution >= 0.6 is 0 Å². The Bertz CT molecular complexity index is 610. The molecule has 126 valence electrons. The monoisotopic (exact) mass is 323 g/mol. The highest BCUT2D eigenvalue weighted by Crippen LogP contribution is 2.59. The molecule has 0 unspecified atom stereocenters. The van der Waals surface area contributed by atoms with E-state index in [-0.39, 0.29) is 0 Å². The molecule has 5 nitrogen and oxygen atoms in total. The van der Waals surface area contributed by atoms with Crippen LogP contribution in [0.5, 0.6) is 0 Å². The van der Waals surface area contributed by atoms with Crippen molar-refractivity contribution in [3.8, 4) is 6.19 Å². The molecular weight excluding hydrogens is 298 g/mol. The molecule has 0 amide bonds. The van der Waals surface area contributed by atoms with Crippen molar-refractivity contribution in [2.75, 3.05) is 6.54 Å². The first-order chi connectivity index (χ1) is 11.7. The van der Waals surface area contributed by atoms with Gasteiger partial charge in [-0.15, -0.1) is 0 Å². The fraction of sp³-hybridized carbons (Fsp3) is 0.632. The van der Waals surface area contributed by atoms with Crippen molar-refractivity contribution in [1.82, 2.24) is 15.6 Å². The molecular formula is C19H25N5. The summed E-state index contributed by atoms with van der Waals surface area (Å²) >= 11 is 0. The summed E-state index contributed by atoms with van der Waals surface area (Å²) in [5.74, 6) is 3.40. The van der Waals surface area contributed by atoms with Crippen LogP contribution in [0.1, 0.15) is 44.2 Å². The Morgan fingerprint density at radius 3 is 2.50 bits per heavy atom. The van der Waals surface area contributed by atoms with Gasteiger partial charge in [-0.1, -0.05) is 6.07 Å².